The van der Waals surface area contributed by atoms with E-state index in [1.807, 2.05) is 6.07 Å². The first-order valence-corrected chi connectivity index (χ1v) is 8.64. The summed E-state index contributed by atoms with van der Waals surface area (Å²) in [5, 5.41) is 3.32. The second-order valence-corrected chi connectivity index (χ2v) is 6.28. The zero-order valence-corrected chi connectivity index (χ0v) is 14.0. The predicted octanol–water partition coefficient (Wildman–Crippen LogP) is 3.91. The molecule has 0 atom stereocenters. The van der Waals surface area contributed by atoms with Gasteiger partial charge in [0.25, 0.3) is 5.91 Å². The van der Waals surface area contributed by atoms with Gasteiger partial charge in [-0.3, -0.25) is 4.79 Å². The average molecular weight is 354 g/mol. The van der Waals surface area contributed by atoms with Crippen LogP contribution in [0.3, 0.4) is 0 Å². The number of rotatable bonds is 8. The van der Waals surface area contributed by atoms with E-state index < -0.39 is 0 Å². The summed E-state index contributed by atoms with van der Waals surface area (Å²) in [4.78, 5) is 11.7. The Morgan fingerprint density at radius 2 is 2.04 bits per heavy atom. The molecule has 0 aromatic heterocycles. The highest BCUT2D eigenvalue weighted by Gasteiger charge is 2.04. The molecular weight excluding hydrogens is 337 g/mol. The lowest BCUT2D eigenvalue weighted by atomic mass is 10.2. The van der Waals surface area contributed by atoms with E-state index in [1.165, 1.54) is 6.07 Å². The smallest absolute Gasteiger partial charge is 0.257 e. The lowest BCUT2D eigenvalue weighted by Gasteiger charge is -2.08. The first kappa shape index (κ1) is 17.6. The summed E-state index contributed by atoms with van der Waals surface area (Å²) < 4.78 is 18.7. The van der Waals surface area contributed by atoms with Crippen molar-refractivity contribution in [3.63, 3.8) is 0 Å². The number of ether oxygens (including phenoxy) is 1. The number of carbonyl (C=O) groups is 1. The molecule has 23 heavy (non-hydrogen) atoms. The Bertz CT molecular complexity index is 654. The molecule has 0 aliphatic carbocycles. The van der Waals surface area contributed by atoms with Crippen LogP contribution in [0.15, 0.2) is 48.5 Å². The van der Waals surface area contributed by atoms with Crippen LogP contribution in [0.2, 0.25) is 5.02 Å². The molecule has 0 fully saturated rings. The summed E-state index contributed by atoms with van der Waals surface area (Å²) in [5.74, 6) is 1.45. The minimum Gasteiger partial charge on any atom is -0.484 e. The van der Waals surface area contributed by atoms with E-state index in [-0.39, 0.29) is 18.3 Å². The third kappa shape index (κ3) is 6.50. The molecule has 0 saturated carbocycles. The van der Waals surface area contributed by atoms with Crippen molar-refractivity contribution in [2.24, 2.45) is 0 Å². The van der Waals surface area contributed by atoms with E-state index in [9.17, 15) is 9.18 Å². The van der Waals surface area contributed by atoms with Crippen LogP contribution in [0.25, 0.3) is 0 Å². The quantitative estimate of drug-likeness (QED) is 0.731. The standard InChI is InChI=1S/C17H17ClFNO2S/c18-14-5-3-6-15(10-14)22-11-17(21)20-8-9-23-12-13-4-1-2-7-16(13)19/h1-7,10H,8-9,11-12H2,(H,20,21). The average Bonchev–Trinajstić information content (AvgIpc) is 2.54. The highest BCUT2D eigenvalue weighted by atomic mass is 35.5. The molecule has 1 N–H and O–H groups in total. The van der Waals surface area contributed by atoms with E-state index >= 15 is 0 Å². The van der Waals surface area contributed by atoms with Crippen molar-refractivity contribution in [3.8, 4) is 5.75 Å². The summed E-state index contributed by atoms with van der Waals surface area (Å²) in [6, 6.07) is 13.6. The molecule has 6 heteroatoms. The highest BCUT2D eigenvalue weighted by Crippen LogP contribution is 2.17. The third-order valence-electron chi connectivity index (χ3n) is 2.95. The van der Waals surface area contributed by atoms with Crippen molar-refractivity contribution in [2.45, 2.75) is 5.75 Å². The first-order chi connectivity index (χ1) is 11.1. The fourth-order valence-electron chi connectivity index (χ4n) is 1.82. The van der Waals surface area contributed by atoms with Crippen molar-refractivity contribution < 1.29 is 13.9 Å². The Balaban J connectivity index is 1.59. The summed E-state index contributed by atoms with van der Waals surface area (Å²) in [7, 11) is 0. The molecule has 1 amide bonds. The number of carbonyl (C=O) groups excluding carboxylic acids is 1. The van der Waals surface area contributed by atoms with Crippen molar-refractivity contribution in [1.29, 1.82) is 0 Å². The molecule has 0 radical (unpaired) electrons. The van der Waals surface area contributed by atoms with Gasteiger partial charge in [-0.15, -0.1) is 0 Å². The Labute approximate surface area is 144 Å². The van der Waals surface area contributed by atoms with Gasteiger partial charge in [0.05, 0.1) is 0 Å². The van der Waals surface area contributed by atoms with Crippen molar-refractivity contribution in [2.75, 3.05) is 18.9 Å². The van der Waals surface area contributed by atoms with Gasteiger partial charge in [-0.2, -0.15) is 11.8 Å². The topological polar surface area (TPSA) is 38.3 Å². The molecular formula is C17H17ClFNO2S. The zero-order chi connectivity index (χ0) is 16.5. The van der Waals surface area contributed by atoms with E-state index in [2.05, 4.69) is 5.32 Å². The Hall–Kier alpha value is -1.72. The molecule has 0 aliphatic rings. The summed E-state index contributed by atoms with van der Waals surface area (Å²) >= 11 is 7.40. The van der Waals surface area contributed by atoms with Crippen LogP contribution in [0, 0.1) is 5.82 Å². The highest BCUT2D eigenvalue weighted by molar-refractivity contribution is 7.98. The number of benzene rings is 2. The summed E-state index contributed by atoms with van der Waals surface area (Å²) in [6.45, 7) is 0.454. The lowest BCUT2D eigenvalue weighted by Crippen LogP contribution is -2.30. The SMILES string of the molecule is O=C(COc1cccc(Cl)c1)NCCSCc1ccccc1F. The summed E-state index contributed by atoms with van der Waals surface area (Å²) in [5.41, 5.74) is 0.674. The van der Waals surface area contributed by atoms with Gasteiger partial charge < -0.3 is 10.1 Å². The molecule has 122 valence electrons. The van der Waals surface area contributed by atoms with E-state index in [1.54, 1.807) is 48.2 Å². The monoisotopic (exact) mass is 353 g/mol. The van der Waals surface area contributed by atoms with Crippen LogP contribution in [-0.4, -0.2) is 24.8 Å². The van der Waals surface area contributed by atoms with E-state index in [0.717, 1.165) is 0 Å². The van der Waals surface area contributed by atoms with Crippen LogP contribution in [0.4, 0.5) is 4.39 Å². The summed E-state index contributed by atoms with van der Waals surface area (Å²) in [6.07, 6.45) is 0. The maximum atomic E-state index is 13.4. The van der Waals surface area contributed by atoms with E-state index in [4.69, 9.17) is 16.3 Å². The first-order valence-electron chi connectivity index (χ1n) is 7.11. The Kier molecular flexibility index (Phi) is 7.23. The predicted molar refractivity (Wildman–Crippen MR) is 92.5 cm³/mol. The van der Waals surface area contributed by atoms with Crippen molar-refractivity contribution >= 4 is 29.3 Å². The number of hydrogen-bond acceptors (Lipinski definition) is 3. The van der Waals surface area contributed by atoms with Gasteiger partial charge in [0.1, 0.15) is 11.6 Å². The van der Waals surface area contributed by atoms with Gasteiger partial charge >= 0.3 is 0 Å². The van der Waals surface area contributed by atoms with Crippen LogP contribution >= 0.6 is 23.4 Å². The van der Waals surface area contributed by atoms with Gasteiger partial charge in [-0.05, 0) is 29.8 Å². The maximum absolute atomic E-state index is 13.4. The Morgan fingerprint density at radius 1 is 1.22 bits per heavy atom. The fraction of sp³-hybridized carbons (Fsp3) is 0.235. The molecule has 0 bridgehead atoms. The number of halogens is 2. The molecule has 0 unspecified atom stereocenters. The molecule has 0 heterocycles. The number of nitrogens with one attached hydrogen (secondary N) is 1. The van der Waals surface area contributed by atoms with Gasteiger partial charge in [-0.25, -0.2) is 4.39 Å². The van der Waals surface area contributed by atoms with Crippen molar-refractivity contribution in [3.05, 3.63) is 64.9 Å². The maximum Gasteiger partial charge on any atom is 0.257 e. The largest absolute Gasteiger partial charge is 0.484 e. The Morgan fingerprint density at radius 3 is 2.83 bits per heavy atom. The minimum absolute atomic E-state index is 0.0572. The number of amides is 1. The lowest BCUT2D eigenvalue weighted by molar-refractivity contribution is -0.122. The minimum atomic E-state index is -0.198. The molecule has 2 rings (SSSR count). The molecule has 0 spiro atoms. The number of thioether (sulfide) groups is 1. The van der Waals surface area contributed by atoms with Gasteiger partial charge in [0, 0.05) is 23.1 Å². The van der Waals surface area contributed by atoms with Gasteiger partial charge in [-0.1, -0.05) is 35.9 Å². The fourth-order valence-corrected chi connectivity index (χ4v) is 2.84. The molecule has 0 aliphatic heterocycles. The second-order valence-electron chi connectivity index (χ2n) is 4.74. The zero-order valence-electron chi connectivity index (χ0n) is 12.4. The van der Waals surface area contributed by atoms with E-state index in [0.29, 0.717) is 34.4 Å². The van der Waals surface area contributed by atoms with Crippen LogP contribution < -0.4 is 10.1 Å². The third-order valence-corrected chi connectivity index (χ3v) is 4.19. The molecule has 0 saturated heterocycles. The second kappa shape index (κ2) is 9.43. The van der Waals surface area contributed by atoms with Crippen LogP contribution in [-0.2, 0) is 10.5 Å². The molecule has 3 nitrogen and oxygen atoms in total. The van der Waals surface area contributed by atoms with Crippen molar-refractivity contribution in [1.82, 2.24) is 5.32 Å². The van der Waals surface area contributed by atoms with Crippen LogP contribution in [0.1, 0.15) is 5.56 Å². The van der Waals surface area contributed by atoms with Gasteiger partial charge in [0.2, 0.25) is 0 Å². The number of hydrogen-bond donors (Lipinski definition) is 1. The van der Waals surface area contributed by atoms with Gasteiger partial charge in [0.15, 0.2) is 6.61 Å². The molecule has 2 aromatic carbocycles. The normalized spacial score (nSPS) is 10.3. The van der Waals surface area contributed by atoms with Crippen LogP contribution in [0.5, 0.6) is 5.75 Å². The molecule has 2 aromatic rings.